The molecule has 3 atom stereocenters. The van der Waals surface area contributed by atoms with Crippen LogP contribution in [0.2, 0.25) is 0 Å². The molecule has 27 heavy (non-hydrogen) atoms. The van der Waals surface area contributed by atoms with E-state index in [1.807, 2.05) is 24.3 Å². The van der Waals surface area contributed by atoms with Crippen molar-refractivity contribution < 1.29 is 9.59 Å². The zero-order valence-corrected chi connectivity index (χ0v) is 15.0. The quantitative estimate of drug-likeness (QED) is 0.832. The predicted molar refractivity (Wildman–Crippen MR) is 97.6 cm³/mol. The molecule has 140 valence electrons. The number of para-hydroxylation sites is 1. The molecule has 0 radical (unpaired) electrons. The molecule has 1 aromatic heterocycles. The first kappa shape index (κ1) is 16.4. The lowest BCUT2D eigenvalue weighted by atomic mass is 9.78. The summed E-state index contributed by atoms with van der Waals surface area (Å²) in [6.45, 7) is 1.87. The maximum atomic E-state index is 13.2. The van der Waals surface area contributed by atoms with Crippen molar-refractivity contribution in [2.45, 2.75) is 37.4 Å². The van der Waals surface area contributed by atoms with Crippen LogP contribution in [0.1, 0.15) is 24.8 Å². The van der Waals surface area contributed by atoms with E-state index in [1.54, 1.807) is 11.0 Å². The standard InChI is InChI=1S/C19H22N6O2/c26-17(21-7-9-24-12-20-11-22-24)15-10-13-4-3-8-25(13)19(15)14-5-1-2-6-16(14)23-18(19)27/h1-2,5-6,11-13,15H,3-4,7-10H2,(H,21,26)(H,23,27)/t13-,15-,19+/m1/s1. The second-order valence-electron chi connectivity index (χ2n) is 7.49. The number of nitrogens with one attached hydrogen (secondary N) is 2. The zero-order valence-electron chi connectivity index (χ0n) is 15.0. The van der Waals surface area contributed by atoms with Gasteiger partial charge in [0.25, 0.3) is 0 Å². The maximum absolute atomic E-state index is 13.2. The van der Waals surface area contributed by atoms with Crippen LogP contribution in [0.3, 0.4) is 0 Å². The molecule has 2 saturated heterocycles. The van der Waals surface area contributed by atoms with Gasteiger partial charge in [-0.1, -0.05) is 18.2 Å². The first-order chi connectivity index (χ1) is 13.2. The second-order valence-corrected chi connectivity index (χ2v) is 7.49. The highest BCUT2D eigenvalue weighted by Crippen LogP contribution is 2.55. The van der Waals surface area contributed by atoms with E-state index in [2.05, 4.69) is 25.6 Å². The van der Waals surface area contributed by atoms with Crippen LogP contribution in [0, 0.1) is 5.92 Å². The molecule has 0 saturated carbocycles. The first-order valence-corrected chi connectivity index (χ1v) is 9.49. The van der Waals surface area contributed by atoms with Crippen molar-refractivity contribution in [1.29, 1.82) is 0 Å². The number of benzene rings is 1. The molecule has 4 heterocycles. The lowest BCUT2D eigenvalue weighted by molar-refractivity contribution is -0.137. The Morgan fingerprint density at radius 3 is 3.11 bits per heavy atom. The van der Waals surface area contributed by atoms with E-state index >= 15 is 0 Å². The largest absolute Gasteiger partial charge is 0.354 e. The molecule has 3 aliphatic rings. The maximum Gasteiger partial charge on any atom is 0.250 e. The van der Waals surface area contributed by atoms with E-state index in [-0.39, 0.29) is 23.8 Å². The van der Waals surface area contributed by atoms with E-state index in [0.29, 0.717) is 13.1 Å². The minimum absolute atomic E-state index is 0.0589. The van der Waals surface area contributed by atoms with Gasteiger partial charge in [0.1, 0.15) is 18.2 Å². The van der Waals surface area contributed by atoms with Crippen LogP contribution in [-0.2, 0) is 21.7 Å². The number of rotatable bonds is 4. The van der Waals surface area contributed by atoms with Crippen molar-refractivity contribution >= 4 is 17.5 Å². The van der Waals surface area contributed by atoms with Gasteiger partial charge in [0.05, 0.1) is 12.5 Å². The van der Waals surface area contributed by atoms with Crippen molar-refractivity contribution in [2.75, 3.05) is 18.4 Å². The number of hydrogen-bond acceptors (Lipinski definition) is 5. The first-order valence-electron chi connectivity index (χ1n) is 9.49. The van der Waals surface area contributed by atoms with Crippen molar-refractivity contribution in [3.05, 3.63) is 42.5 Å². The summed E-state index contributed by atoms with van der Waals surface area (Å²) in [6.07, 6.45) is 5.93. The Morgan fingerprint density at radius 1 is 1.37 bits per heavy atom. The van der Waals surface area contributed by atoms with Crippen molar-refractivity contribution in [2.24, 2.45) is 5.92 Å². The summed E-state index contributed by atoms with van der Waals surface area (Å²) in [4.78, 5) is 32.6. The minimum Gasteiger partial charge on any atom is -0.354 e. The predicted octanol–water partition coefficient (Wildman–Crippen LogP) is 0.726. The summed E-state index contributed by atoms with van der Waals surface area (Å²) in [7, 11) is 0. The molecule has 2 amide bonds. The summed E-state index contributed by atoms with van der Waals surface area (Å²) in [5.74, 6) is -0.511. The molecule has 2 N–H and O–H groups in total. The number of nitrogens with zero attached hydrogens (tertiary/aromatic N) is 4. The topological polar surface area (TPSA) is 92.2 Å². The van der Waals surface area contributed by atoms with E-state index in [1.165, 1.54) is 6.33 Å². The third kappa shape index (κ3) is 2.32. The van der Waals surface area contributed by atoms with Gasteiger partial charge in [-0.15, -0.1) is 0 Å². The normalized spacial score (nSPS) is 29.0. The number of carbonyl (C=O) groups is 2. The van der Waals surface area contributed by atoms with Gasteiger partial charge in [0.15, 0.2) is 0 Å². The average molecular weight is 366 g/mol. The molecule has 8 heteroatoms. The summed E-state index contributed by atoms with van der Waals surface area (Å²) >= 11 is 0. The van der Waals surface area contributed by atoms with Gasteiger partial charge >= 0.3 is 0 Å². The van der Waals surface area contributed by atoms with Gasteiger partial charge in [0.2, 0.25) is 11.8 Å². The second kappa shape index (κ2) is 6.16. The summed E-state index contributed by atoms with van der Waals surface area (Å²) < 4.78 is 1.68. The van der Waals surface area contributed by atoms with Crippen LogP contribution in [-0.4, -0.2) is 50.6 Å². The van der Waals surface area contributed by atoms with Crippen LogP contribution >= 0.6 is 0 Å². The van der Waals surface area contributed by atoms with Gasteiger partial charge in [-0.05, 0) is 31.9 Å². The van der Waals surface area contributed by atoms with Gasteiger partial charge in [-0.25, -0.2) is 4.98 Å². The molecule has 2 fully saturated rings. The molecule has 2 aromatic rings. The van der Waals surface area contributed by atoms with Gasteiger partial charge in [0, 0.05) is 23.8 Å². The Kier molecular flexibility index (Phi) is 3.75. The Bertz CT molecular complexity index is 882. The van der Waals surface area contributed by atoms with Crippen molar-refractivity contribution in [3.63, 3.8) is 0 Å². The minimum atomic E-state index is -0.880. The fourth-order valence-electron chi connectivity index (χ4n) is 5.15. The Hall–Kier alpha value is -2.74. The van der Waals surface area contributed by atoms with Gasteiger partial charge in [-0.3, -0.25) is 19.2 Å². The number of aromatic nitrogens is 3. The summed E-state index contributed by atoms with van der Waals surface area (Å²) in [5, 5.41) is 10.1. The highest BCUT2D eigenvalue weighted by atomic mass is 16.2. The molecule has 0 bridgehead atoms. The Balaban J connectivity index is 1.44. The smallest absolute Gasteiger partial charge is 0.250 e. The molecule has 1 aromatic carbocycles. The number of carbonyl (C=O) groups excluding carboxylic acids is 2. The Morgan fingerprint density at radius 2 is 2.26 bits per heavy atom. The average Bonchev–Trinajstić information content (AvgIpc) is 3.42. The summed E-state index contributed by atoms with van der Waals surface area (Å²) in [5.41, 5.74) is 0.890. The highest BCUT2D eigenvalue weighted by Gasteiger charge is 2.65. The van der Waals surface area contributed by atoms with Crippen LogP contribution in [0.15, 0.2) is 36.9 Å². The number of hydrogen-bond donors (Lipinski definition) is 2. The van der Waals surface area contributed by atoms with Crippen molar-refractivity contribution in [3.8, 4) is 0 Å². The monoisotopic (exact) mass is 366 g/mol. The molecule has 5 rings (SSSR count). The molecule has 8 nitrogen and oxygen atoms in total. The zero-order chi connectivity index (χ0) is 18.4. The van der Waals surface area contributed by atoms with Crippen LogP contribution in [0.25, 0.3) is 0 Å². The molecule has 1 spiro atoms. The molecular weight excluding hydrogens is 344 g/mol. The molecule has 0 unspecified atom stereocenters. The van der Waals surface area contributed by atoms with E-state index in [4.69, 9.17) is 0 Å². The third-order valence-electron chi connectivity index (χ3n) is 6.20. The molecule has 0 aliphatic carbocycles. The highest BCUT2D eigenvalue weighted by molar-refractivity contribution is 6.09. The fraction of sp³-hybridized carbons (Fsp3) is 0.474. The third-order valence-corrected chi connectivity index (χ3v) is 6.20. The van der Waals surface area contributed by atoms with Gasteiger partial charge in [-0.2, -0.15) is 5.10 Å². The van der Waals surface area contributed by atoms with Crippen LogP contribution in [0.5, 0.6) is 0 Å². The fourth-order valence-corrected chi connectivity index (χ4v) is 5.15. The molecule has 3 aliphatic heterocycles. The lowest BCUT2D eigenvalue weighted by Gasteiger charge is -2.36. The summed E-state index contributed by atoms with van der Waals surface area (Å²) in [6, 6.07) is 8.06. The van der Waals surface area contributed by atoms with Crippen molar-refractivity contribution in [1.82, 2.24) is 25.0 Å². The van der Waals surface area contributed by atoms with E-state index in [0.717, 1.165) is 37.1 Å². The van der Waals surface area contributed by atoms with Crippen LogP contribution in [0.4, 0.5) is 5.69 Å². The number of anilines is 1. The Labute approximate surface area is 156 Å². The van der Waals surface area contributed by atoms with Crippen LogP contribution < -0.4 is 10.6 Å². The SMILES string of the molecule is O=C(NCCn1cncn1)[C@H]1C[C@H]2CCCN2[C@]12C(=O)Nc1ccccc12. The van der Waals surface area contributed by atoms with E-state index < -0.39 is 5.54 Å². The number of fused-ring (bicyclic) bond motifs is 4. The van der Waals surface area contributed by atoms with Gasteiger partial charge < -0.3 is 10.6 Å². The number of amides is 2. The van der Waals surface area contributed by atoms with E-state index in [9.17, 15) is 9.59 Å². The lowest BCUT2D eigenvalue weighted by Crippen LogP contribution is -2.54. The molecular formula is C19H22N6O2.